The number of carbonyl (C=O) groups is 1. The van der Waals surface area contributed by atoms with Crippen LogP contribution >= 0.6 is 23.2 Å². The van der Waals surface area contributed by atoms with Gasteiger partial charge in [0.15, 0.2) is 0 Å². The van der Waals surface area contributed by atoms with Crippen molar-refractivity contribution < 1.29 is 14.3 Å². The predicted molar refractivity (Wildman–Crippen MR) is 101 cm³/mol. The predicted octanol–water partition coefficient (Wildman–Crippen LogP) is 6.07. The third kappa shape index (κ3) is 4.06. The highest BCUT2D eigenvalue weighted by atomic mass is 35.5. The molecule has 3 rings (SSSR count). The number of ether oxygens (including phenoxy) is 2. The van der Waals surface area contributed by atoms with Crippen LogP contribution in [0.15, 0.2) is 54.6 Å². The van der Waals surface area contributed by atoms with E-state index in [1.54, 1.807) is 13.2 Å². The van der Waals surface area contributed by atoms with Crippen molar-refractivity contribution in [2.45, 2.75) is 13.0 Å². The average molecular weight is 375 g/mol. The molecule has 0 saturated heterocycles. The van der Waals surface area contributed by atoms with Gasteiger partial charge in [-0.25, -0.2) is 4.79 Å². The van der Waals surface area contributed by atoms with Gasteiger partial charge in [0, 0.05) is 10.0 Å². The van der Waals surface area contributed by atoms with Gasteiger partial charge in [-0.3, -0.25) is 0 Å². The van der Waals surface area contributed by atoms with Gasteiger partial charge >= 0.3 is 5.97 Å². The van der Waals surface area contributed by atoms with Gasteiger partial charge < -0.3 is 9.47 Å². The summed E-state index contributed by atoms with van der Waals surface area (Å²) in [5.74, 6) is 0.337. The molecule has 0 aromatic heterocycles. The molecule has 0 aliphatic carbocycles. The standard InChI is InChI=1S/C20H16Cl2O3/c1-12(25-20(23)16-8-17(21)11-18(22)9-16)13-3-4-15-10-19(24-2)6-5-14(15)7-13/h3-12H,1-2H3/t12-/m1/s1. The van der Waals surface area contributed by atoms with Gasteiger partial charge in [-0.2, -0.15) is 0 Å². The summed E-state index contributed by atoms with van der Waals surface area (Å²) in [7, 11) is 1.64. The fraction of sp³-hybridized carbons (Fsp3) is 0.150. The minimum Gasteiger partial charge on any atom is -0.497 e. The van der Waals surface area contributed by atoms with E-state index in [0.29, 0.717) is 15.6 Å². The first-order chi connectivity index (χ1) is 12.0. The van der Waals surface area contributed by atoms with Crippen LogP contribution in [0.1, 0.15) is 28.9 Å². The van der Waals surface area contributed by atoms with Crippen LogP contribution in [0, 0.1) is 0 Å². The van der Waals surface area contributed by atoms with Gasteiger partial charge in [-0.15, -0.1) is 0 Å². The minimum absolute atomic E-state index is 0.329. The Labute approximate surface area is 156 Å². The van der Waals surface area contributed by atoms with Crippen LogP contribution in [0.25, 0.3) is 10.8 Å². The molecule has 0 amide bonds. The van der Waals surface area contributed by atoms with Gasteiger partial charge in [0.05, 0.1) is 12.7 Å². The van der Waals surface area contributed by atoms with E-state index in [4.69, 9.17) is 32.7 Å². The Kier molecular flexibility index (Phi) is 5.16. The number of carbonyl (C=O) groups excluding carboxylic acids is 1. The Balaban J connectivity index is 1.81. The van der Waals surface area contributed by atoms with Gasteiger partial charge in [-0.1, -0.05) is 41.4 Å². The largest absolute Gasteiger partial charge is 0.497 e. The first-order valence-corrected chi connectivity index (χ1v) is 8.46. The summed E-state index contributed by atoms with van der Waals surface area (Å²) < 4.78 is 10.8. The maximum Gasteiger partial charge on any atom is 0.338 e. The van der Waals surface area contributed by atoms with Crippen LogP contribution in [0.5, 0.6) is 5.75 Å². The molecule has 3 aromatic rings. The highest BCUT2D eigenvalue weighted by Crippen LogP contribution is 2.27. The van der Waals surface area contributed by atoms with Crippen molar-refractivity contribution in [2.24, 2.45) is 0 Å². The molecule has 128 valence electrons. The zero-order chi connectivity index (χ0) is 18.0. The number of hydrogen-bond donors (Lipinski definition) is 0. The van der Waals surface area contributed by atoms with Crippen molar-refractivity contribution in [1.82, 2.24) is 0 Å². The van der Waals surface area contributed by atoms with E-state index in [2.05, 4.69) is 0 Å². The van der Waals surface area contributed by atoms with E-state index >= 15 is 0 Å². The molecule has 25 heavy (non-hydrogen) atoms. The fourth-order valence-corrected chi connectivity index (χ4v) is 3.12. The van der Waals surface area contributed by atoms with Crippen molar-refractivity contribution >= 4 is 39.9 Å². The summed E-state index contributed by atoms with van der Waals surface area (Å²) >= 11 is 11.9. The lowest BCUT2D eigenvalue weighted by Crippen LogP contribution is -2.09. The molecule has 0 saturated carbocycles. The number of halogens is 2. The number of benzene rings is 3. The van der Waals surface area contributed by atoms with E-state index in [1.807, 2.05) is 43.3 Å². The molecule has 5 heteroatoms. The number of hydrogen-bond acceptors (Lipinski definition) is 3. The second kappa shape index (κ2) is 7.34. The Morgan fingerprint density at radius 1 is 0.920 bits per heavy atom. The maximum atomic E-state index is 12.3. The van der Waals surface area contributed by atoms with Crippen molar-refractivity contribution in [1.29, 1.82) is 0 Å². The fourth-order valence-electron chi connectivity index (χ4n) is 2.59. The van der Waals surface area contributed by atoms with Gasteiger partial charge in [0.25, 0.3) is 0 Å². The SMILES string of the molecule is COc1ccc2cc([C@@H](C)OC(=O)c3cc(Cl)cc(Cl)c3)ccc2c1. The van der Waals surface area contributed by atoms with Crippen LogP contribution < -0.4 is 4.74 Å². The molecule has 0 heterocycles. The Morgan fingerprint density at radius 2 is 1.56 bits per heavy atom. The molecular weight excluding hydrogens is 359 g/mol. The lowest BCUT2D eigenvalue weighted by Gasteiger charge is -2.15. The lowest BCUT2D eigenvalue weighted by molar-refractivity contribution is 0.0338. The Bertz CT molecular complexity index is 917. The van der Waals surface area contributed by atoms with Crippen molar-refractivity contribution in [3.05, 3.63) is 75.8 Å². The molecule has 0 fully saturated rings. The number of methoxy groups -OCH3 is 1. The molecular formula is C20H16Cl2O3. The highest BCUT2D eigenvalue weighted by molar-refractivity contribution is 6.35. The van der Waals surface area contributed by atoms with Crippen LogP contribution in [0.3, 0.4) is 0 Å². The van der Waals surface area contributed by atoms with Crippen LogP contribution in [0.2, 0.25) is 10.0 Å². The Hall–Kier alpha value is -2.23. The summed E-state index contributed by atoms with van der Waals surface area (Å²) in [6.07, 6.45) is -0.406. The second-order valence-corrected chi connectivity index (χ2v) is 6.55. The normalized spacial score (nSPS) is 12.0. The molecule has 0 spiro atoms. The van der Waals surface area contributed by atoms with Gasteiger partial charge in [0.2, 0.25) is 0 Å². The molecule has 0 radical (unpaired) electrons. The second-order valence-electron chi connectivity index (χ2n) is 5.68. The number of rotatable bonds is 4. The number of esters is 1. The van der Waals surface area contributed by atoms with Gasteiger partial charge in [-0.05, 0) is 59.7 Å². The zero-order valence-electron chi connectivity index (χ0n) is 13.8. The number of fused-ring (bicyclic) bond motifs is 1. The van der Waals surface area contributed by atoms with Crippen molar-refractivity contribution in [3.8, 4) is 5.75 Å². The third-order valence-electron chi connectivity index (χ3n) is 3.92. The van der Waals surface area contributed by atoms with E-state index in [9.17, 15) is 4.79 Å². The first-order valence-electron chi connectivity index (χ1n) is 7.71. The van der Waals surface area contributed by atoms with E-state index < -0.39 is 12.1 Å². The third-order valence-corrected chi connectivity index (χ3v) is 4.36. The summed E-state index contributed by atoms with van der Waals surface area (Å²) in [6, 6.07) is 16.4. The van der Waals surface area contributed by atoms with Crippen molar-refractivity contribution in [2.75, 3.05) is 7.11 Å². The molecule has 0 aliphatic heterocycles. The topological polar surface area (TPSA) is 35.5 Å². The molecule has 0 unspecified atom stereocenters. The van der Waals surface area contributed by atoms with E-state index in [1.165, 1.54) is 12.1 Å². The molecule has 1 atom stereocenters. The zero-order valence-corrected chi connectivity index (χ0v) is 15.3. The molecule has 0 N–H and O–H groups in total. The van der Waals surface area contributed by atoms with Gasteiger partial charge in [0.1, 0.15) is 11.9 Å². The smallest absolute Gasteiger partial charge is 0.338 e. The van der Waals surface area contributed by atoms with E-state index in [0.717, 1.165) is 22.1 Å². The van der Waals surface area contributed by atoms with Crippen LogP contribution in [0.4, 0.5) is 0 Å². The molecule has 0 aliphatic rings. The molecule has 0 bridgehead atoms. The molecule has 3 nitrogen and oxygen atoms in total. The van der Waals surface area contributed by atoms with Crippen LogP contribution in [-0.4, -0.2) is 13.1 Å². The summed E-state index contributed by atoms with van der Waals surface area (Å²) in [6.45, 7) is 1.83. The average Bonchev–Trinajstić information content (AvgIpc) is 2.59. The molecule has 3 aromatic carbocycles. The maximum absolute atomic E-state index is 12.3. The Morgan fingerprint density at radius 3 is 2.24 bits per heavy atom. The van der Waals surface area contributed by atoms with E-state index in [-0.39, 0.29) is 0 Å². The van der Waals surface area contributed by atoms with Crippen LogP contribution in [-0.2, 0) is 4.74 Å². The summed E-state index contributed by atoms with van der Waals surface area (Å²) in [5, 5.41) is 2.90. The summed E-state index contributed by atoms with van der Waals surface area (Å²) in [4.78, 5) is 12.3. The van der Waals surface area contributed by atoms with Crippen molar-refractivity contribution in [3.63, 3.8) is 0 Å². The first kappa shape index (κ1) is 17.6. The minimum atomic E-state index is -0.466. The quantitative estimate of drug-likeness (QED) is 0.519. The lowest BCUT2D eigenvalue weighted by atomic mass is 10.0. The monoisotopic (exact) mass is 374 g/mol. The summed E-state index contributed by atoms with van der Waals surface area (Å²) in [5.41, 5.74) is 1.23. The highest BCUT2D eigenvalue weighted by Gasteiger charge is 2.15.